The summed E-state index contributed by atoms with van der Waals surface area (Å²) in [6.45, 7) is 0.899. The molecule has 0 radical (unpaired) electrons. The summed E-state index contributed by atoms with van der Waals surface area (Å²) in [5.41, 5.74) is 2.89. The second kappa shape index (κ2) is 12.2. The number of aliphatic hydroxyl groups is 3. The standard InChI is InChI=1S/C26H31NO6/c1-32-23-4-2-3-19(14-23)26(31)17-33-22-8-5-18(6-9-22)11-12-27-15-25(30)20-7-10-24(29)21(13-20)16-28/h2-10,13-14,25-31H,11-12,15-17H2,1H3. The van der Waals surface area contributed by atoms with Crippen LogP contribution in [0, 0.1) is 0 Å². The Morgan fingerprint density at radius 2 is 1.64 bits per heavy atom. The molecule has 7 heteroatoms. The van der Waals surface area contributed by atoms with E-state index in [2.05, 4.69) is 5.32 Å². The van der Waals surface area contributed by atoms with Gasteiger partial charge in [-0.05, 0) is 66.1 Å². The molecule has 0 amide bonds. The van der Waals surface area contributed by atoms with Crippen LogP contribution in [0.3, 0.4) is 0 Å². The van der Waals surface area contributed by atoms with Crippen molar-refractivity contribution < 1.29 is 29.9 Å². The first-order valence-electron chi connectivity index (χ1n) is 10.9. The van der Waals surface area contributed by atoms with Gasteiger partial charge in [0.15, 0.2) is 0 Å². The summed E-state index contributed by atoms with van der Waals surface area (Å²) < 4.78 is 10.9. The molecule has 0 saturated heterocycles. The molecule has 3 rings (SSSR count). The lowest BCUT2D eigenvalue weighted by Gasteiger charge is -2.15. The maximum atomic E-state index is 10.3. The van der Waals surface area contributed by atoms with Gasteiger partial charge in [0, 0.05) is 12.1 Å². The third kappa shape index (κ3) is 7.20. The second-order valence-corrected chi connectivity index (χ2v) is 7.76. The number of rotatable bonds is 12. The summed E-state index contributed by atoms with van der Waals surface area (Å²) in [5, 5.41) is 42.7. The Hall–Kier alpha value is -3.10. The lowest BCUT2D eigenvalue weighted by molar-refractivity contribution is 0.108. The maximum absolute atomic E-state index is 10.3. The molecule has 5 N–H and O–H groups in total. The van der Waals surface area contributed by atoms with Crippen molar-refractivity contribution in [1.82, 2.24) is 5.32 Å². The van der Waals surface area contributed by atoms with Crippen LogP contribution in [-0.2, 0) is 13.0 Å². The van der Waals surface area contributed by atoms with Crippen LogP contribution in [-0.4, -0.2) is 47.2 Å². The van der Waals surface area contributed by atoms with Crippen LogP contribution in [0.15, 0.2) is 66.7 Å². The first-order valence-corrected chi connectivity index (χ1v) is 10.9. The highest BCUT2D eigenvalue weighted by Crippen LogP contribution is 2.23. The van der Waals surface area contributed by atoms with Gasteiger partial charge >= 0.3 is 0 Å². The van der Waals surface area contributed by atoms with Crippen LogP contribution in [0.1, 0.15) is 34.5 Å². The van der Waals surface area contributed by atoms with Crippen LogP contribution >= 0.6 is 0 Å². The monoisotopic (exact) mass is 453 g/mol. The van der Waals surface area contributed by atoms with E-state index in [9.17, 15) is 20.4 Å². The molecule has 0 aliphatic heterocycles. The third-order valence-corrected chi connectivity index (χ3v) is 5.40. The summed E-state index contributed by atoms with van der Waals surface area (Å²) in [4.78, 5) is 0. The van der Waals surface area contributed by atoms with E-state index >= 15 is 0 Å². The first kappa shape index (κ1) is 24.5. The Morgan fingerprint density at radius 3 is 2.36 bits per heavy atom. The van der Waals surface area contributed by atoms with Gasteiger partial charge in [-0.25, -0.2) is 0 Å². The SMILES string of the molecule is COc1cccc(C(O)COc2ccc(CCNCC(O)c3ccc(O)c(CO)c3)cc2)c1. The fraction of sp³-hybridized carbons (Fsp3) is 0.308. The summed E-state index contributed by atoms with van der Waals surface area (Å²) in [7, 11) is 1.59. The van der Waals surface area contributed by atoms with Gasteiger partial charge in [0.1, 0.15) is 30.0 Å². The number of benzene rings is 3. The van der Waals surface area contributed by atoms with Gasteiger partial charge in [-0.1, -0.05) is 30.3 Å². The minimum atomic E-state index is -0.752. The molecule has 0 heterocycles. The summed E-state index contributed by atoms with van der Waals surface area (Å²) in [6, 6.07) is 19.7. The van der Waals surface area contributed by atoms with Gasteiger partial charge in [0.05, 0.1) is 19.8 Å². The second-order valence-electron chi connectivity index (χ2n) is 7.76. The lowest BCUT2D eigenvalue weighted by Crippen LogP contribution is -2.23. The average Bonchev–Trinajstić information content (AvgIpc) is 2.86. The Bertz CT molecular complexity index is 1010. The highest BCUT2D eigenvalue weighted by Gasteiger charge is 2.11. The number of phenols is 1. The van der Waals surface area contributed by atoms with E-state index in [1.807, 2.05) is 42.5 Å². The van der Waals surface area contributed by atoms with E-state index in [-0.39, 0.29) is 19.0 Å². The van der Waals surface area contributed by atoms with Gasteiger partial charge in [-0.15, -0.1) is 0 Å². The summed E-state index contributed by atoms with van der Waals surface area (Å²) >= 11 is 0. The van der Waals surface area contributed by atoms with Gasteiger partial charge in [-0.2, -0.15) is 0 Å². The van der Waals surface area contributed by atoms with E-state index in [0.29, 0.717) is 35.7 Å². The van der Waals surface area contributed by atoms with Gasteiger partial charge < -0.3 is 35.2 Å². The largest absolute Gasteiger partial charge is 0.508 e. The van der Waals surface area contributed by atoms with E-state index in [0.717, 1.165) is 17.5 Å². The van der Waals surface area contributed by atoms with Crippen molar-refractivity contribution >= 4 is 0 Å². The molecule has 176 valence electrons. The lowest BCUT2D eigenvalue weighted by atomic mass is 10.1. The molecule has 0 aliphatic carbocycles. The molecule has 3 aromatic carbocycles. The Kier molecular flexibility index (Phi) is 9.09. The topological polar surface area (TPSA) is 111 Å². The van der Waals surface area contributed by atoms with Crippen molar-refractivity contribution in [3.05, 3.63) is 89.0 Å². The van der Waals surface area contributed by atoms with Gasteiger partial charge in [0.25, 0.3) is 0 Å². The van der Waals surface area contributed by atoms with Crippen LogP contribution < -0.4 is 14.8 Å². The molecule has 0 saturated carbocycles. The smallest absolute Gasteiger partial charge is 0.121 e. The quantitative estimate of drug-likeness (QED) is 0.268. The molecule has 2 unspecified atom stereocenters. The van der Waals surface area contributed by atoms with Crippen LogP contribution in [0.25, 0.3) is 0 Å². The van der Waals surface area contributed by atoms with E-state index in [1.54, 1.807) is 25.3 Å². The van der Waals surface area contributed by atoms with Crippen molar-refractivity contribution in [3.8, 4) is 17.2 Å². The highest BCUT2D eigenvalue weighted by atomic mass is 16.5. The fourth-order valence-corrected chi connectivity index (χ4v) is 3.40. The number of aromatic hydroxyl groups is 1. The van der Waals surface area contributed by atoms with Crippen molar-refractivity contribution in [2.24, 2.45) is 0 Å². The average molecular weight is 454 g/mol. The maximum Gasteiger partial charge on any atom is 0.121 e. The van der Waals surface area contributed by atoms with E-state index in [1.165, 1.54) is 6.07 Å². The molecule has 7 nitrogen and oxygen atoms in total. The molecule has 33 heavy (non-hydrogen) atoms. The van der Waals surface area contributed by atoms with Crippen LogP contribution in [0.2, 0.25) is 0 Å². The van der Waals surface area contributed by atoms with Gasteiger partial charge in [0.2, 0.25) is 0 Å². The molecule has 0 bridgehead atoms. The third-order valence-electron chi connectivity index (χ3n) is 5.40. The number of hydrogen-bond acceptors (Lipinski definition) is 7. The van der Waals surface area contributed by atoms with Crippen LogP contribution in [0.5, 0.6) is 17.2 Å². The molecule has 0 fully saturated rings. The predicted molar refractivity (Wildman–Crippen MR) is 125 cm³/mol. The minimum absolute atomic E-state index is 0.0173. The first-order chi connectivity index (χ1) is 16.0. The number of aliphatic hydroxyl groups excluding tert-OH is 3. The molecule has 0 aromatic heterocycles. The zero-order valence-corrected chi connectivity index (χ0v) is 18.6. The Morgan fingerprint density at radius 1 is 0.879 bits per heavy atom. The van der Waals surface area contributed by atoms with Crippen molar-refractivity contribution in [2.75, 3.05) is 26.8 Å². The van der Waals surface area contributed by atoms with Crippen molar-refractivity contribution in [2.45, 2.75) is 25.2 Å². The van der Waals surface area contributed by atoms with E-state index in [4.69, 9.17) is 9.47 Å². The normalized spacial score (nSPS) is 12.8. The Balaban J connectivity index is 1.40. The molecular formula is C26H31NO6. The molecule has 0 spiro atoms. The molecular weight excluding hydrogens is 422 g/mol. The minimum Gasteiger partial charge on any atom is -0.508 e. The molecule has 2 atom stereocenters. The number of ether oxygens (including phenoxy) is 2. The Labute approximate surface area is 193 Å². The van der Waals surface area contributed by atoms with Gasteiger partial charge in [-0.3, -0.25) is 0 Å². The molecule has 3 aromatic rings. The van der Waals surface area contributed by atoms with Crippen molar-refractivity contribution in [1.29, 1.82) is 0 Å². The number of nitrogens with one attached hydrogen (secondary N) is 1. The van der Waals surface area contributed by atoms with Crippen LogP contribution in [0.4, 0.5) is 0 Å². The highest BCUT2D eigenvalue weighted by molar-refractivity contribution is 5.36. The summed E-state index contributed by atoms with van der Waals surface area (Å²) in [6.07, 6.45) is -0.711. The zero-order valence-electron chi connectivity index (χ0n) is 18.6. The number of methoxy groups -OCH3 is 1. The predicted octanol–water partition coefficient (Wildman–Crippen LogP) is 2.87. The zero-order chi connectivity index (χ0) is 23.6. The summed E-state index contributed by atoms with van der Waals surface area (Å²) in [5.74, 6) is 1.38. The van der Waals surface area contributed by atoms with Crippen molar-refractivity contribution in [3.63, 3.8) is 0 Å². The van der Waals surface area contributed by atoms with E-state index < -0.39 is 12.2 Å². The molecule has 0 aliphatic rings. The number of hydrogen-bond donors (Lipinski definition) is 5. The fourth-order valence-electron chi connectivity index (χ4n) is 3.40.